The standard InChI is InChI=1S/C12H12N2O2S/c1-14-7-10(12(15)16)11(13-14)8-3-5-9(17-2)6-4-8/h3-7H,1-2H3,(H,15,16). The Morgan fingerprint density at radius 2 is 2.00 bits per heavy atom. The third kappa shape index (κ3) is 2.34. The van der Waals surface area contributed by atoms with Gasteiger partial charge in [-0.1, -0.05) is 12.1 Å². The van der Waals surface area contributed by atoms with Gasteiger partial charge in [0.25, 0.3) is 0 Å². The fraction of sp³-hybridized carbons (Fsp3) is 0.167. The predicted molar refractivity (Wildman–Crippen MR) is 67.4 cm³/mol. The zero-order valence-electron chi connectivity index (χ0n) is 9.54. The lowest BCUT2D eigenvalue weighted by Crippen LogP contribution is -1.96. The van der Waals surface area contributed by atoms with Gasteiger partial charge in [-0.2, -0.15) is 5.10 Å². The van der Waals surface area contributed by atoms with Gasteiger partial charge in [-0.15, -0.1) is 11.8 Å². The van der Waals surface area contributed by atoms with Crippen LogP contribution < -0.4 is 0 Å². The average molecular weight is 248 g/mol. The molecule has 17 heavy (non-hydrogen) atoms. The Hall–Kier alpha value is -1.75. The number of hydrogen-bond donors (Lipinski definition) is 1. The Bertz CT molecular complexity index is 546. The second-order valence-electron chi connectivity index (χ2n) is 3.60. The topological polar surface area (TPSA) is 55.1 Å². The molecular formula is C12H12N2O2S. The van der Waals surface area contributed by atoms with Gasteiger partial charge in [0.2, 0.25) is 0 Å². The first-order valence-corrected chi connectivity index (χ1v) is 6.25. The molecule has 2 aromatic rings. The van der Waals surface area contributed by atoms with E-state index in [9.17, 15) is 4.79 Å². The molecule has 1 heterocycles. The molecule has 4 nitrogen and oxygen atoms in total. The van der Waals surface area contributed by atoms with Crippen molar-refractivity contribution in [2.45, 2.75) is 4.90 Å². The van der Waals surface area contributed by atoms with Crippen LogP contribution in [0, 0.1) is 0 Å². The summed E-state index contributed by atoms with van der Waals surface area (Å²) in [6.07, 6.45) is 3.51. The van der Waals surface area contributed by atoms with Crippen LogP contribution >= 0.6 is 11.8 Å². The molecule has 2 rings (SSSR count). The maximum Gasteiger partial charge on any atom is 0.339 e. The summed E-state index contributed by atoms with van der Waals surface area (Å²) in [5.74, 6) is -0.956. The summed E-state index contributed by atoms with van der Waals surface area (Å²) in [7, 11) is 1.71. The summed E-state index contributed by atoms with van der Waals surface area (Å²) in [4.78, 5) is 12.2. The molecule has 0 aliphatic heterocycles. The van der Waals surface area contributed by atoms with Crippen LogP contribution in [0.1, 0.15) is 10.4 Å². The minimum atomic E-state index is -0.956. The molecule has 0 atom stereocenters. The van der Waals surface area contributed by atoms with Crippen molar-refractivity contribution in [3.63, 3.8) is 0 Å². The number of benzene rings is 1. The molecule has 0 radical (unpaired) electrons. The number of thioether (sulfide) groups is 1. The number of aromatic carboxylic acids is 1. The number of carbonyl (C=O) groups is 1. The van der Waals surface area contributed by atoms with Crippen molar-refractivity contribution in [1.29, 1.82) is 0 Å². The Kier molecular flexibility index (Phi) is 3.19. The van der Waals surface area contributed by atoms with Gasteiger partial charge in [0.05, 0.1) is 0 Å². The number of nitrogens with zero attached hydrogens (tertiary/aromatic N) is 2. The minimum absolute atomic E-state index is 0.226. The quantitative estimate of drug-likeness (QED) is 0.848. The first kappa shape index (κ1) is 11.7. The van der Waals surface area contributed by atoms with Crippen molar-refractivity contribution in [2.24, 2.45) is 7.05 Å². The SMILES string of the molecule is CSc1ccc(-c2nn(C)cc2C(=O)O)cc1. The molecule has 0 aliphatic rings. The lowest BCUT2D eigenvalue weighted by atomic mass is 10.1. The number of carboxylic acids is 1. The zero-order valence-corrected chi connectivity index (χ0v) is 10.4. The molecule has 0 bridgehead atoms. The highest BCUT2D eigenvalue weighted by atomic mass is 32.2. The van der Waals surface area contributed by atoms with Crippen molar-refractivity contribution in [2.75, 3.05) is 6.26 Å². The lowest BCUT2D eigenvalue weighted by molar-refractivity contribution is 0.0697. The molecule has 0 fully saturated rings. The van der Waals surface area contributed by atoms with Crippen LogP contribution in [0.25, 0.3) is 11.3 Å². The minimum Gasteiger partial charge on any atom is -0.478 e. The summed E-state index contributed by atoms with van der Waals surface area (Å²) in [5, 5.41) is 13.3. The van der Waals surface area contributed by atoms with E-state index in [4.69, 9.17) is 5.11 Å². The van der Waals surface area contributed by atoms with E-state index < -0.39 is 5.97 Å². The maximum atomic E-state index is 11.1. The molecule has 88 valence electrons. The Balaban J connectivity index is 2.48. The molecule has 5 heteroatoms. The third-order valence-corrected chi connectivity index (χ3v) is 3.17. The van der Waals surface area contributed by atoms with Gasteiger partial charge < -0.3 is 5.11 Å². The van der Waals surface area contributed by atoms with Crippen LogP contribution in [0.4, 0.5) is 0 Å². The van der Waals surface area contributed by atoms with Crippen LogP contribution in [0.5, 0.6) is 0 Å². The largest absolute Gasteiger partial charge is 0.478 e. The van der Waals surface area contributed by atoms with Gasteiger partial charge in [0, 0.05) is 23.7 Å². The molecule has 1 aromatic heterocycles. The van der Waals surface area contributed by atoms with Crippen LogP contribution in [0.3, 0.4) is 0 Å². The molecule has 0 amide bonds. The van der Waals surface area contributed by atoms with Crippen molar-refractivity contribution < 1.29 is 9.90 Å². The van der Waals surface area contributed by atoms with Crippen LogP contribution in [-0.4, -0.2) is 27.1 Å². The van der Waals surface area contributed by atoms with Gasteiger partial charge in [0.15, 0.2) is 0 Å². The van der Waals surface area contributed by atoms with Gasteiger partial charge in [-0.25, -0.2) is 4.79 Å². The molecular weight excluding hydrogens is 236 g/mol. The van der Waals surface area contributed by atoms with E-state index in [0.29, 0.717) is 5.69 Å². The summed E-state index contributed by atoms with van der Waals surface area (Å²) < 4.78 is 1.52. The van der Waals surface area contributed by atoms with Crippen LogP contribution in [-0.2, 0) is 7.05 Å². The summed E-state index contributed by atoms with van der Waals surface area (Å²) >= 11 is 1.65. The smallest absolute Gasteiger partial charge is 0.339 e. The highest BCUT2D eigenvalue weighted by Crippen LogP contribution is 2.24. The van der Waals surface area contributed by atoms with Gasteiger partial charge in [-0.05, 0) is 18.4 Å². The highest BCUT2D eigenvalue weighted by Gasteiger charge is 2.15. The van der Waals surface area contributed by atoms with E-state index >= 15 is 0 Å². The Morgan fingerprint density at radius 3 is 2.53 bits per heavy atom. The molecule has 0 unspecified atom stereocenters. The van der Waals surface area contributed by atoms with Crippen molar-refractivity contribution in [3.8, 4) is 11.3 Å². The number of aromatic nitrogens is 2. The number of carboxylic acid groups (broad SMARTS) is 1. The first-order valence-electron chi connectivity index (χ1n) is 5.03. The normalized spacial score (nSPS) is 10.5. The number of aryl methyl sites for hydroxylation is 1. The fourth-order valence-electron chi connectivity index (χ4n) is 1.61. The summed E-state index contributed by atoms with van der Waals surface area (Å²) in [6, 6.07) is 7.70. The summed E-state index contributed by atoms with van der Waals surface area (Å²) in [5.41, 5.74) is 1.55. The van der Waals surface area contributed by atoms with Crippen LogP contribution in [0.2, 0.25) is 0 Å². The predicted octanol–water partition coefficient (Wildman–Crippen LogP) is 2.51. The van der Waals surface area contributed by atoms with E-state index in [1.807, 2.05) is 30.5 Å². The molecule has 1 N–H and O–H groups in total. The van der Waals surface area contributed by atoms with E-state index in [0.717, 1.165) is 10.5 Å². The molecule has 0 saturated heterocycles. The fourth-order valence-corrected chi connectivity index (χ4v) is 2.02. The molecule has 0 saturated carbocycles. The first-order chi connectivity index (χ1) is 8.11. The van der Waals surface area contributed by atoms with E-state index in [1.54, 1.807) is 18.8 Å². The van der Waals surface area contributed by atoms with Crippen molar-refractivity contribution >= 4 is 17.7 Å². The highest BCUT2D eigenvalue weighted by molar-refractivity contribution is 7.98. The number of rotatable bonds is 3. The van der Waals surface area contributed by atoms with E-state index in [-0.39, 0.29) is 5.56 Å². The van der Waals surface area contributed by atoms with Crippen molar-refractivity contribution in [1.82, 2.24) is 9.78 Å². The maximum absolute atomic E-state index is 11.1. The van der Waals surface area contributed by atoms with E-state index in [1.165, 1.54) is 10.9 Å². The average Bonchev–Trinajstić information content (AvgIpc) is 2.72. The Morgan fingerprint density at radius 1 is 1.35 bits per heavy atom. The van der Waals surface area contributed by atoms with Crippen LogP contribution in [0.15, 0.2) is 35.4 Å². The second kappa shape index (κ2) is 4.63. The second-order valence-corrected chi connectivity index (χ2v) is 4.48. The zero-order chi connectivity index (χ0) is 12.4. The number of hydrogen-bond acceptors (Lipinski definition) is 3. The molecule has 1 aromatic carbocycles. The van der Waals surface area contributed by atoms with E-state index in [2.05, 4.69) is 5.10 Å². The third-order valence-electron chi connectivity index (χ3n) is 2.42. The lowest BCUT2D eigenvalue weighted by Gasteiger charge is -2.00. The molecule has 0 aliphatic carbocycles. The molecule has 0 spiro atoms. The van der Waals surface area contributed by atoms with Gasteiger partial charge in [0.1, 0.15) is 11.3 Å². The summed E-state index contributed by atoms with van der Waals surface area (Å²) in [6.45, 7) is 0. The van der Waals surface area contributed by atoms with Gasteiger partial charge in [-0.3, -0.25) is 4.68 Å². The Labute approximate surface area is 103 Å². The van der Waals surface area contributed by atoms with Crippen molar-refractivity contribution in [3.05, 3.63) is 36.0 Å². The monoisotopic (exact) mass is 248 g/mol. The van der Waals surface area contributed by atoms with Gasteiger partial charge >= 0.3 is 5.97 Å².